The van der Waals surface area contributed by atoms with Gasteiger partial charge in [-0.25, -0.2) is 9.82 Å². The summed E-state index contributed by atoms with van der Waals surface area (Å²) >= 11 is 0. The fourth-order valence-corrected chi connectivity index (χ4v) is 2.24. The Balaban J connectivity index is 2.02. The lowest BCUT2D eigenvalue weighted by Crippen LogP contribution is -2.42. The highest BCUT2D eigenvalue weighted by Gasteiger charge is 2.35. The van der Waals surface area contributed by atoms with Gasteiger partial charge in [-0.1, -0.05) is 12.1 Å². The molecule has 2 rings (SSSR count). The van der Waals surface area contributed by atoms with Crippen LogP contribution < -0.4 is 16.2 Å². The Hall–Kier alpha value is -1.99. The van der Waals surface area contributed by atoms with E-state index in [1.54, 1.807) is 26.0 Å². The van der Waals surface area contributed by atoms with Gasteiger partial charge >= 0.3 is 5.97 Å². The SMILES string of the molecule is CC(C)(CNC(=O)C1CNNC1c1ccc(F)cc1)C(=O)O. The van der Waals surface area contributed by atoms with Crippen molar-refractivity contribution in [2.45, 2.75) is 19.9 Å². The third-order valence-electron chi connectivity index (χ3n) is 3.83. The lowest BCUT2D eigenvalue weighted by molar-refractivity contribution is -0.146. The molecule has 1 aromatic carbocycles. The van der Waals surface area contributed by atoms with Crippen LogP contribution in [0.5, 0.6) is 0 Å². The van der Waals surface area contributed by atoms with Crippen LogP contribution >= 0.6 is 0 Å². The van der Waals surface area contributed by atoms with Gasteiger partial charge in [0, 0.05) is 13.1 Å². The van der Waals surface area contributed by atoms with E-state index >= 15 is 0 Å². The summed E-state index contributed by atoms with van der Waals surface area (Å²) in [6, 6.07) is 5.66. The van der Waals surface area contributed by atoms with E-state index in [1.807, 2.05) is 0 Å². The maximum atomic E-state index is 13.0. The van der Waals surface area contributed by atoms with Crippen molar-refractivity contribution in [2.24, 2.45) is 11.3 Å². The summed E-state index contributed by atoms with van der Waals surface area (Å²) in [6.07, 6.45) is 0. The first kappa shape index (κ1) is 16.4. The second kappa shape index (κ2) is 6.41. The molecule has 22 heavy (non-hydrogen) atoms. The van der Waals surface area contributed by atoms with Crippen molar-refractivity contribution >= 4 is 11.9 Å². The molecular formula is C15H20FN3O3. The summed E-state index contributed by atoms with van der Waals surface area (Å²) in [6.45, 7) is 3.58. The number of aliphatic carboxylic acids is 1. The number of nitrogens with one attached hydrogen (secondary N) is 3. The normalized spacial score (nSPS) is 21.6. The number of carbonyl (C=O) groups is 2. The van der Waals surface area contributed by atoms with Crippen molar-refractivity contribution in [3.63, 3.8) is 0 Å². The number of hydrazine groups is 1. The minimum absolute atomic E-state index is 0.0494. The van der Waals surface area contributed by atoms with Crippen molar-refractivity contribution < 1.29 is 19.1 Å². The largest absolute Gasteiger partial charge is 0.481 e. The quantitative estimate of drug-likeness (QED) is 0.646. The monoisotopic (exact) mass is 309 g/mol. The van der Waals surface area contributed by atoms with Crippen molar-refractivity contribution in [2.75, 3.05) is 13.1 Å². The van der Waals surface area contributed by atoms with Crippen molar-refractivity contribution in [3.8, 4) is 0 Å². The van der Waals surface area contributed by atoms with E-state index in [4.69, 9.17) is 5.11 Å². The Morgan fingerprint density at radius 1 is 1.36 bits per heavy atom. The molecule has 4 N–H and O–H groups in total. The van der Waals surface area contributed by atoms with Crippen LogP contribution in [0.3, 0.4) is 0 Å². The molecule has 1 heterocycles. The summed E-state index contributed by atoms with van der Waals surface area (Å²) in [5.74, 6) is -1.93. The molecule has 0 radical (unpaired) electrons. The number of hydrogen-bond acceptors (Lipinski definition) is 4. The van der Waals surface area contributed by atoms with Gasteiger partial charge < -0.3 is 10.4 Å². The zero-order valence-corrected chi connectivity index (χ0v) is 12.5. The second-order valence-electron chi connectivity index (χ2n) is 6.07. The third kappa shape index (κ3) is 3.61. The van der Waals surface area contributed by atoms with E-state index in [1.165, 1.54) is 12.1 Å². The molecular weight excluding hydrogens is 289 g/mol. The molecule has 0 spiro atoms. The van der Waals surface area contributed by atoms with Crippen molar-refractivity contribution in [1.29, 1.82) is 0 Å². The van der Waals surface area contributed by atoms with Crippen LogP contribution in [0.25, 0.3) is 0 Å². The van der Waals surface area contributed by atoms with E-state index in [9.17, 15) is 14.0 Å². The number of halogens is 1. The van der Waals surface area contributed by atoms with Gasteiger partial charge in [0.1, 0.15) is 5.82 Å². The fourth-order valence-electron chi connectivity index (χ4n) is 2.24. The van der Waals surface area contributed by atoms with E-state index in [2.05, 4.69) is 16.2 Å². The van der Waals surface area contributed by atoms with Crippen LogP contribution in [0.1, 0.15) is 25.5 Å². The number of carboxylic acids is 1. The van der Waals surface area contributed by atoms with Gasteiger partial charge in [-0.3, -0.25) is 15.0 Å². The van der Waals surface area contributed by atoms with E-state index < -0.39 is 17.3 Å². The summed E-state index contributed by atoms with van der Waals surface area (Å²) in [7, 11) is 0. The predicted molar refractivity (Wildman–Crippen MR) is 78.2 cm³/mol. The van der Waals surface area contributed by atoms with Crippen molar-refractivity contribution in [3.05, 3.63) is 35.6 Å². The topological polar surface area (TPSA) is 90.5 Å². The first-order valence-electron chi connectivity index (χ1n) is 7.06. The van der Waals surface area contributed by atoms with Gasteiger partial charge in [0.2, 0.25) is 5.91 Å². The van der Waals surface area contributed by atoms with Gasteiger partial charge in [-0.15, -0.1) is 0 Å². The number of hydrogen-bond donors (Lipinski definition) is 4. The lowest BCUT2D eigenvalue weighted by atomic mass is 9.91. The fraction of sp³-hybridized carbons (Fsp3) is 0.467. The molecule has 1 aliphatic heterocycles. The number of carboxylic acid groups (broad SMARTS) is 1. The molecule has 0 aromatic heterocycles. The standard InChI is InChI=1S/C15H20FN3O3/c1-15(2,14(21)22)8-17-13(20)11-7-18-19-12(11)9-3-5-10(16)6-4-9/h3-6,11-12,18-19H,7-8H2,1-2H3,(H,17,20)(H,21,22). The molecule has 6 nitrogen and oxygen atoms in total. The smallest absolute Gasteiger partial charge is 0.310 e. The second-order valence-corrected chi connectivity index (χ2v) is 6.07. The zero-order valence-electron chi connectivity index (χ0n) is 12.5. The maximum absolute atomic E-state index is 13.0. The highest BCUT2D eigenvalue weighted by Crippen LogP contribution is 2.25. The number of rotatable bonds is 5. The molecule has 1 fully saturated rings. The molecule has 0 bridgehead atoms. The molecule has 0 saturated carbocycles. The summed E-state index contributed by atoms with van der Waals surface area (Å²) in [4.78, 5) is 23.4. The van der Waals surface area contributed by atoms with Gasteiger partial charge in [-0.2, -0.15) is 0 Å². The predicted octanol–water partition coefficient (Wildman–Crippen LogP) is 0.818. The average molecular weight is 309 g/mol. The number of benzene rings is 1. The highest BCUT2D eigenvalue weighted by molar-refractivity contribution is 5.81. The summed E-state index contributed by atoms with van der Waals surface area (Å²) in [5, 5.41) is 11.7. The highest BCUT2D eigenvalue weighted by atomic mass is 19.1. The Labute approximate surface area is 128 Å². The molecule has 1 aliphatic rings. The summed E-state index contributed by atoms with van der Waals surface area (Å²) < 4.78 is 13.0. The first-order valence-corrected chi connectivity index (χ1v) is 7.06. The summed E-state index contributed by atoms with van der Waals surface area (Å²) in [5.41, 5.74) is 5.68. The molecule has 0 aliphatic carbocycles. The van der Waals surface area contributed by atoms with Crippen LogP contribution in [-0.4, -0.2) is 30.1 Å². The Bertz CT molecular complexity index is 560. The maximum Gasteiger partial charge on any atom is 0.310 e. The number of amides is 1. The van der Waals surface area contributed by atoms with E-state index in [0.29, 0.717) is 6.54 Å². The lowest BCUT2D eigenvalue weighted by Gasteiger charge is -2.23. The third-order valence-corrected chi connectivity index (χ3v) is 3.83. The van der Waals surface area contributed by atoms with Gasteiger partial charge in [0.15, 0.2) is 0 Å². The Kier molecular flexibility index (Phi) is 4.77. The minimum Gasteiger partial charge on any atom is -0.481 e. The molecule has 1 saturated heterocycles. The van der Waals surface area contributed by atoms with Crippen molar-refractivity contribution in [1.82, 2.24) is 16.2 Å². The van der Waals surface area contributed by atoms with Crippen LogP contribution in [0.4, 0.5) is 4.39 Å². The Morgan fingerprint density at radius 3 is 2.59 bits per heavy atom. The zero-order chi connectivity index (χ0) is 16.3. The van der Waals surface area contributed by atoms with Gasteiger partial charge in [-0.05, 0) is 31.5 Å². The average Bonchev–Trinajstić information content (AvgIpc) is 2.95. The molecule has 7 heteroatoms. The Morgan fingerprint density at radius 2 is 2.00 bits per heavy atom. The first-order chi connectivity index (χ1) is 10.3. The van der Waals surface area contributed by atoms with Crippen LogP contribution in [0.2, 0.25) is 0 Å². The molecule has 120 valence electrons. The number of carbonyl (C=O) groups excluding carboxylic acids is 1. The molecule has 2 unspecified atom stereocenters. The minimum atomic E-state index is -1.03. The van der Waals surface area contributed by atoms with E-state index in [0.717, 1.165) is 5.56 Å². The molecule has 1 amide bonds. The molecule has 1 aromatic rings. The van der Waals surface area contributed by atoms with Gasteiger partial charge in [0.25, 0.3) is 0 Å². The molecule has 2 atom stereocenters. The van der Waals surface area contributed by atoms with Crippen LogP contribution in [0.15, 0.2) is 24.3 Å². The van der Waals surface area contributed by atoms with E-state index in [-0.39, 0.29) is 24.3 Å². The van der Waals surface area contributed by atoms with Gasteiger partial charge in [0.05, 0.1) is 17.4 Å². The van der Waals surface area contributed by atoms with Crippen LogP contribution in [0, 0.1) is 17.2 Å². The van der Waals surface area contributed by atoms with Crippen LogP contribution in [-0.2, 0) is 9.59 Å².